The number of hydrazone groups is 1. The molecule has 26 heavy (non-hydrogen) atoms. The SMILES string of the molecule is Oc1ccc([C@H]2Oc3ccccc3[C@H]3CC(c4cccs4)=NN32)cc1O. The molecule has 3 heterocycles. The van der Waals surface area contributed by atoms with Gasteiger partial charge in [0.1, 0.15) is 5.75 Å². The summed E-state index contributed by atoms with van der Waals surface area (Å²) < 4.78 is 6.22. The number of fused-ring (bicyclic) bond motifs is 3. The molecule has 2 aliphatic heterocycles. The van der Waals surface area contributed by atoms with Crippen LogP contribution >= 0.6 is 11.3 Å². The van der Waals surface area contributed by atoms with Crippen LogP contribution in [0.4, 0.5) is 0 Å². The van der Waals surface area contributed by atoms with E-state index in [1.807, 2.05) is 29.3 Å². The summed E-state index contributed by atoms with van der Waals surface area (Å²) in [4.78, 5) is 1.16. The predicted molar refractivity (Wildman–Crippen MR) is 99.6 cm³/mol. The average molecular weight is 364 g/mol. The minimum absolute atomic E-state index is 0.0815. The molecule has 0 amide bonds. The molecule has 2 aromatic carbocycles. The first-order valence-electron chi connectivity index (χ1n) is 8.38. The molecule has 0 spiro atoms. The maximum absolute atomic E-state index is 9.91. The van der Waals surface area contributed by atoms with Gasteiger partial charge in [-0.3, -0.25) is 0 Å². The topological polar surface area (TPSA) is 65.3 Å². The third-order valence-electron chi connectivity index (χ3n) is 4.79. The molecule has 3 aromatic rings. The second-order valence-electron chi connectivity index (χ2n) is 6.38. The van der Waals surface area contributed by atoms with Crippen LogP contribution in [0.15, 0.2) is 65.1 Å². The lowest BCUT2D eigenvalue weighted by molar-refractivity contribution is -0.0191. The molecule has 0 bridgehead atoms. The highest BCUT2D eigenvalue weighted by molar-refractivity contribution is 7.12. The first-order valence-corrected chi connectivity index (χ1v) is 9.26. The van der Waals surface area contributed by atoms with Crippen molar-refractivity contribution in [3.05, 3.63) is 76.0 Å². The summed E-state index contributed by atoms with van der Waals surface area (Å²) in [6.45, 7) is 0. The Bertz CT molecular complexity index is 1000. The van der Waals surface area contributed by atoms with E-state index in [0.29, 0.717) is 0 Å². The number of phenolic OH excluding ortho intramolecular Hbond substituents is 2. The van der Waals surface area contributed by atoms with Gasteiger partial charge in [0.2, 0.25) is 6.23 Å². The van der Waals surface area contributed by atoms with Crippen LogP contribution < -0.4 is 4.74 Å². The van der Waals surface area contributed by atoms with Gasteiger partial charge in [0.15, 0.2) is 11.5 Å². The molecule has 0 fully saturated rings. The fourth-order valence-corrected chi connectivity index (χ4v) is 4.26. The fraction of sp³-hybridized carbons (Fsp3) is 0.150. The third-order valence-corrected chi connectivity index (χ3v) is 5.71. The van der Waals surface area contributed by atoms with Crippen LogP contribution in [0.25, 0.3) is 0 Å². The van der Waals surface area contributed by atoms with Crippen molar-refractivity contribution >= 4 is 17.0 Å². The number of benzene rings is 2. The minimum Gasteiger partial charge on any atom is -0.504 e. The molecule has 2 atom stereocenters. The third kappa shape index (κ3) is 2.34. The van der Waals surface area contributed by atoms with E-state index < -0.39 is 6.23 Å². The maximum atomic E-state index is 9.91. The normalized spacial score (nSPS) is 20.9. The van der Waals surface area contributed by atoms with Crippen LogP contribution in [0.2, 0.25) is 0 Å². The molecule has 2 aliphatic rings. The lowest BCUT2D eigenvalue weighted by Gasteiger charge is -2.38. The number of para-hydroxylation sites is 1. The van der Waals surface area contributed by atoms with E-state index >= 15 is 0 Å². The van der Waals surface area contributed by atoms with E-state index in [0.717, 1.165) is 33.9 Å². The fourth-order valence-electron chi connectivity index (χ4n) is 3.54. The van der Waals surface area contributed by atoms with Gasteiger partial charge in [0, 0.05) is 17.5 Å². The van der Waals surface area contributed by atoms with E-state index in [4.69, 9.17) is 9.84 Å². The van der Waals surface area contributed by atoms with E-state index in [1.54, 1.807) is 17.4 Å². The van der Waals surface area contributed by atoms with Gasteiger partial charge in [0.25, 0.3) is 0 Å². The van der Waals surface area contributed by atoms with Gasteiger partial charge < -0.3 is 14.9 Å². The zero-order valence-corrected chi connectivity index (χ0v) is 14.6. The zero-order valence-electron chi connectivity index (χ0n) is 13.7. The Morgan fingerprint density at radius 1 is 1.04 bits per heavy atom. The number of nitrogens with zero attached hydrogens (tertiary/aromatic N) is 2. The molecule has 6 heteroatoms. The highest BCUT2D eigenvalue weighted by atomic mass is 32.1. The van der Waals surface area contributed by atoms with Crippen LogP contribution in [0.3, 0.4) is 0 Å². The smallest absolute Gasteiger partial charge is 0.214 e. The molecule has 0 saturated carbocycles. The van der Waals surface area contributed by atoms with Crippen molar-refractivity contribution in [1.29, 1.82) is 0 Å². The lowest BCUT2D eigenvalue weighted by atomic mass is 9.97. The monoisotopic (exact) mass is 364 g/mol. The molecule has 5 rings (SSSR count). The van der Waals surface area contributed by atoms with Gasteiger partial charge in [-0.2, -0.15) is 5.10 Å². The summed E-state index contributed by atoms with van der Waals surface area (Å²) in [6.07, 6.45) is 0.348. The molecule has 5 nitrogen and oxygen atoms in total. The molecule has 0 unspecified atom stereocenters. The van der Waals surface area contributed by atoms with Crippen LogP contribution in [0, 0.1) is 0 Å². The Morgan fingerprint density at radius 3 is 2.73 bits per heavy atom. The molecule has 130 valence electrons. The van der Waals surface area contributed by atoms with Gasteiger partial charge in [-0.25, -0.2) is 5.01 Å². The van der Waals surface area contributed by atoms with E-state index in [9.17, 15) is 10.2 Å². The summed E-state index contributed by atoms with van der Waals surface area (Å²) in [7, 11) is 0. The van der Waals surface area contributed by atoms with Crippen molar-refractivity contribution in [3.8, 4) is 17.2 Å². The quantitative estimate of drug-likeness (QED) is 0.662. The summed E-state index contributed by atoms with van der Waals surface area (Å²) in [6, 6.07) is 16.9. The molecule has 1 aromatic heterocycles. The average Bonchev–Trinajstić information content (AvgIpc) is 3.33. The Labute approximate surface area is 154 Å². The van der Waals surface area contributed by atoms with Crippen molar-refractivity contribution in [2.75, 3.05) is 0 Å². The molecule has 0 radical (unpaired) electrons. The van der Waals surface area contributed by atoms with Crippen molar-refractivity contribution in [3.63, 3.8) is 0 Å². The highest BCUT2D eigenvalue weighted by Crippen LogP contribution is 2.48. The Kier molecular flexibility index (Phi) is 3.39. The van der Waals surface area contributed by atoms with Crippen LogP contribution in [-0.2, 0) is 0 Å². The molecular weight excluding hydrogens is 348 g/mol. The second kappa shape index (κ2) is 5.78. The second-order valence-corrected chi connectivity index (χ2v) is 7.33. The van der Waals surface area contributed by atoms with E-state index in [-0.39, 0.29) is 17.5 Å². The summed E-state index contributed by atoms with van der Waals surface area (Å²) in [5.41, 5.74) is 2.90. The van der Waals surface area contributed by atoms with Crippen LogP contribution in [0.5, 0.6) is 17.2 Å². The summed E-state index contributed by atoms with van der Waals surface area (Å²) in [5, 5.41) is 28.4. The van der Waals surface area contributed by atoms with Crippen LogP contribution in [0.1, 0.15) is 34.7 Å². The number of thiophene rings is 1. The van der Waals surface area contributed by atoms with Gasteiger partial charge in [-0.1, -0.05) is 24.3 Å². The molecular formula is C20H16N2O3S. The molecule has 0 saturated heterocycles. The number of hydrogen-bond donors (Lipinski definition) is 2. The maximum Gasteiger partial charge on any atom is 0.214 e. The zero-order chi connectivity index (χ0) is 17.7. The van der Waals surface area contributed by atoms with E-state index in [2.05, 4.69) is 17.5 Å². The Balaban J connectivity index is 1.61. The highest BCUT2D eigenvalue weighted by Gasteiger charge is 2.41. The van der Waals surface area contributed by atoms with Crippen molar-refractivity contribution in [2.24, 2.45) is 5.10 Å². The van der Waals surface area contributed by atoms with Crippen molar-refractivity contribution < 1.29 is 14.9 Å². The number of aromatic hydroxyl groups is 2. The van der Waals surface area contributed by atoms with Gasteiger partial charge in [-0.15, -0.1) is 11.3 Å². The summed E-state index contributed by atoms with van der Waals surface area (Å²) >= 11 is 1.68. The molecule has 2 N–H and O–H groups in total. The van der Waals surface area contributed by atoms with Crippen LogP contribution in [-0.4, -0.2) is 20.9 Å². The first kappa shape index (κ1) is 15.3. The van der Waals surface area contributed by atoms with Crippen molar-refractivity contribution in [2.45, 2.75) is 18.7 Å². The van der Waals surface area contributed by atoms with E-state index in [1.165, 1.54) is 12.1 Å². The number of phenols is 2. The number of ether oxygens (including phenoxy) is 1. The number of rotatable bonds is 2. The van der Waals surface area contributed by atoms with Crippen molar-refractivity contribution in [1.82, 2.24) is 5.01 Å². The lowest BCUT2D eigenvalue weighted by Crippen LogP contribution is -2.33. The summed E-state index contributed by atoms with van der Waals surface area (Å²) in [5.74, 6) is 0.516. The number of hydrogen-bond acceptors (Lipinski definition) is 6. The Hall–Kier alpha value is -2.99. The minimum atomic E-state index is -0.459. The van der Waals surface area contributed by atoms with Gasteiger partial charge in [-0.05, 0) is 35.7 Å². The standard InChI is InChI=1S/C20H16N2O3S/c23-16-8-7-12(10-17(16)24)20-22-15(13-4-1-2-5-18(13)25-20)11-14(21-22)19-6-3-9-26-19/h1-10,15,20,23-24H,11H2/t15-,20-/m1/s1. The Morgan fingerprint density at radius 2 is 1.92 bits per heavy atom. The molecule has 0 aliphatic carbocycles. The van der Waals surface area contributed by atoms with Gasteiger partial charge in [0.05, 0.1) is 16.6 Å². The first-order chi connectivity index (χ1) is 12.7. The predicted octanol–water partition coefficient (Wildman–Crippen LogP) is 4.40. The van der Waals surface area contributed by atoms with Gasteiger partial charge >= 0.3 is 0 Å². The largest absolute Gasteiger partial charge is 0.504 e.